The zero-order valence-corrected chi connectivity index (χ0v) is 19.0. The summed E-state index contributed by atoms with van der Waals surface area (Å²) in [6.45, 7) is 1.40. The third kappa shape index (κ3) is 5.35. The van der Waals surface area contributed by atoms with Crippen molar-refractivity contribution >= 4 is 68.1 Å². The minimum Gasteiger partial charge on any atom is -0.493 e. The molecule has 2 aromatic carbocycles. The number of rotatable bonds is 6. The first-order valence-electron chi connectivity index (χ1n) is 8.54. The zero-order chi connectivity index (χ0) is 21.8. The molecule has 1 amide bonds. The van der Waals surface area contributed by atoms with Crippen LogP contribution < -0.4 is 14.8 Å². The molecule has 0 unspecified atom stereocenters. The maximum atomic E-state index is 12.4. The van der Waals surface area contributed by atoms with Crippen LogP contribution in [0.25, 0.3) is 6.08 Å². The van der Waals surface area contributed by atoms with Gasteiger partial charge >= 0.3 is 5.97 Å². The first kappa shape index (κ1) is 22.2. The Morgan fingerprint density at radius 3 is 2.83 bits per heavy atom. The highest BCUT2D eigenvalue weighted by Crippen LogP contribution is 2.38. The van der Waals surface area contributed by atoms with Crippen molar-refractivity contribution in [1.29, 1.82) is 0 Å². The van der Waals surface area contributed by atoms with E-state index in [1.807, 2.05) is 13.0 Å². The minimum atomic E-state index is -1.10. The molecule has 0 saturated carbocycles. The fraction of sp³-hybridized carbons (Fsp3) is 0.150. The van der Waals surface area contributed by atoms with E-state index in [4.69, 9.17) is 26.2 Å². The summed E-state index contributed by atoms with van der Waals surface area (Å²) in [7, 11) is 1.45. The van der Waals surface area contributed by atoms with Crippen molar-refractivity contribution in [2.75, 3.05) is 13.7 Å². The van der Waals surface area contributed by atoms with Gasteiger partial charge in [-0.2, -0.15) is 0 Å². The number of thioether (sulfide) groups is 1. The fourth-order valence-corrected chi connectivity index (χ4v) is 4.12. The number of amides is 1. The SMILES string of the molecule is COc1cc(/C=C2\SC(=Nc3cc(Cl)ccc3C)NC2=O)cc(Br)c1OCC(=O)O. The number of hydrogen-bond donors (Lipinski definition) is 2. The van der Waals surface area contributed by atoms with Gasteiger partial charge in [-0.3, -0.25) is 4.79 Å². The van der Waals surface area contributed by atoms with E-state index in [0.29, 0.717) is 36.6 Å². The number of benzene rings is 2. The summed E-state index contributed by atoms with van der Waals surface area (Å²) in [4.78, 5) is 28.1. The van der Waals surface area contributed by atoms with E-state index in [1.54, 1.807) is 30.3 Å². The molecule has 10 heteroatoms. The number of aryl methyl sites for hydroxylation is 1. The number of carbonyl (C=O) groups is 2. The average molecular weight is 512 g/mol. The van der Waals surface area contributed by atoms with E-state index in [0.717, 1.165) is 5.56 Å². The number of aliphatic imine (C=N–C) groups is 1. The Kier molecular flexibility index (Phi) is 7.06. The van der Waals surface area contributed by atoms with Crippen molar-refractivity contribution in [3.63, 3.8) is 0 Å². The first-order chi connectivity index (χ1) is 14.3. The lowest BCUT2D eigenvalue weighted by Crippen LogP contribution is -2.19. The van der Waals surface area contributed by atoms with Gasteiger partial charge < -0.3 is 19.9 Å². The van der Waals surface area contributed by atoms with E-state index >= 15 is 0 Å². The third-order valence-electron chi connectivity index (χ3n) is 3.93. The maximum Gasteiger partial charge on any atom is 0.341 e. The lowest BCUT2D eigenvalue weighted by Gasteiger charge is -2.12. The largest absolute Gasteiger partial charge is 0.493 e. The normalized spacial score (nSPS) is 16.1. The lowest BCUT2D eigenvalue weighted by molar-refractivity contribution is -0.139. The summed E-state index contributed by atoms with van der Waals surface area (Å²) in [5.41, 5.74) is 2.28. The number of ether oxygens (including phenoxy) is 2. The minimum absolute atomic E-state index is 0.268. The number of nitrogens with one attached hydrogen (secondary N) is 1. The molecule has 0 aliphatic carbocycles. The second kappa shape index (κ2) is 9.55. The van der Waals surface area contributed by atoms with Crippen LogP contribution >= 0.6 is 39.3 Å². The van der Waals surface area contributed by atoms with Crippen LogP contribution in [-0.4, -0.2) is 35.9 Å². The van der Waals surface area contributed by atoms with Gasteiger partial charge in [0.25, 0.3) is 5.91 Å². The van der Waals surface area contributed by atoms with Crippen LogP contribution in [0.3, 0.4) is 0 Å². The highest BCUT2D eigenvalue weighted by atomic mass is 79.9. The molecule has 0 bridgehead atoms. The molecule has 0 aromatic heterocycles. The van der Waals surface area contributed by atoms with Crippen LogP contribution in [-0.2, 0) is 9.59 Å². The van der Waals surface area contributed by atoms with Gasteiger partial charge in [0.15, 0.2) is 23.3 Å². The van der Waals surface area contributed by atoms with Crippen molar-refractivity contribution < 1.29 is 24.2 Å². The average Bonchev–Trinajstić information content (AvgIpc) is 3.02. The Labute approximate surface area is 190 Å². The number of methoxy groups -OCH3 is 1. The fourth-order valence-electron chi connectivity index (χ4n) is 2.54. The second-order valence-electron chi connectivity index (χ2n) is 6.13. The van der Waals surface area contributed by atoms with Crippen molar-refractivity contribution in [2.45, 2.75) is 6.92 Å². The van der Waals surface area contributed by atoms with Crippen molar-refractivity contribution in [1.82, 2.24) is 5.32 Å². The van der Waals surface area contributed by atoms with Crippen LogP contribution in [0.1, 0.15) is 11.1 Å². The van der Waals surface area contributed by atoms with Gasteiger partial charge in [0.05, 0.1) is 22.2 Å². The predicted octanol–water partition coefficient (Wildman–Crippen LogP) is 4.77. The molecule has 3 rings (SSSR count). The second-order valence-corrected chi connectivity index (χ2v) is 8.45. The smallest absolute Gasteiger partial charge is 0.341 e. The number of nitrogens with zero attached hydrogens (tertiary/aromatic N) is 1. The quantitative estimate of drug-likeness (QED) is 0.542. The van der Waals surface area contributed by atoms with E-state index in [1.165, 1.54) is 18.9 Å². The van der Waals surface area contributed by atoms with Gasteiger partial charge in [-0.25, -0.2) is 9.79 Å². The molecule has 0 radical (unpaired) electrons. The third-order valence-corrected chi connectivity index (χ3v) is 5.67. The standard InChI is InChI=1S/C20H16BrClN2O5S/c1-10-3-4-12(22)8-14(10)23-20-24-19(27)16(30-20)7-11-5-13(21)18(15(6-11)28-2)29-9-17(25)26/h3-8H,9H2,1-2H3,(H,25,26)(H,23,24,27)/b16-7-. The number of hydrogen-bond acceptors (Lipinski definition) is 6. The molecule has 1 fully saturated rings. The lowest BCUT2D eigenvalue weighted by atomic mass is 10.2. The molecule has 0 atom stereocenters. The zero-order valence-electron chi connectivity index (χ0n) is 15.9. The van der Waals surface area contributed by atoms with E-state index < -0.39 is 12.6 Å². The molecule has 1 heterocycles. The molecule has 30 heavy (non-hydrogen) atoms. The van der Waals surface area contributed by atoms with Crippen LogP contribution in [0.15, 0.2) is 44.7 Å². The van der Waals surface area contributed by atoms with Crippen molar-refractivity contribution in [3.05, 3.63) is 55.9 Å². The van der Waals surface area contributed by atoms with Gasteiger partial charge in [-0.1, -0.05) is 17.7 Å². The number of carbonyl (C=O) groups excluding carboxylic acids is 1. The summed E-state index contributed by atoms with van der Waals surface area (Å²) in [5, 5.41) is 12.6. The molecule has 1 aliphatic rings. The number of carboxylic acids is 1. The monoisotopic (exact) mass is 510 g/mol. The molecular weight excluding hydrogens is 496 g/mol. The highest BCUT2D eigenvalue weighted by molar-refractivity contribution is 9.10. The molecule has 2 N–H and O–H groups in total. The summed E-state index contributed by atoms with van der Waals surface area (Å²) >= 11 is 10.6. The van der Waals surface area contributed by atoms with Crippen LogP contribution in [0.5, 0.6) is 11.5 Å². The number of carboxylic acid groups (broad SMARTS) is 1. The van der Waals surface area contributed by atoms with Gasteiger partial charge in [0.2, 0.25) is 0 Å². The highest BCUT2D eigenvalue weighted by Gasteiger charge is 2.24. The Morgan fingerprint density at radius 2 is 2.13 bits per heavy atom. The van der Waals surface area contributed by atoms with Crippen molar-refractivity contribution in [2.24, 2.45) is 4.99 Å². The Bertz CT molecular complexity index is 1090. The molecule has 156 valence electrons. The summed E-state index contributed by atoms with van der Waals surface area (Å²) in [5.74, 6) is -0.774. The Hall–Kier alpha value is -2.49. The molecule has 7 nitrogen and oxygen atoms in total. The Balaban J connectivity index is 1.87. The maximum absolute atomic E-state index is 12.4. The van der Waals surface area contributed by atoms with Gasteiger partial charge in [-0.05, 0) is 76.1 Å². The van der Waals surface area contributed by atoms with E-state index in [2.05, 4.69) is 26.2 Å². The molecule has 2 aromatic rings. The molecule has 1 aliphatic heterocycles. The van der Waals surface area contributed by atoms with Crippen molar-refractivity contribution in [3.8, 4) is 11.5 Å². The summed E-state index contributed by atoms with van der Waals surface area (Å²) < 4.78 is 11.1. The molecule has 0 spiro atoms. The Morgan fingerprint density at radius 1 is 1.37 bits per heavy atom. The van der Waals surface area contributed by atoms with Gasteiger partial charge in [0.1, 0.15) is 0 Å². The number of aliphatic carboxylic acids is 1. The first-order valence-corrected chi connectivity index (χ1v) is 10.5. The van der Waals surface area contributed by atoms with Crippen LogP contribution in [0.4, 0.5) is 5.69 Å². The number of halogens is 2. The topological polar surface area (TPSA) is 97.2 Å². The summed E-state index contributed by atoms with van der Waals surface area (Å²) in [6.07, 6.45) is 1.68. The van der Waals surface area contributed by atoms with E-state index in [-0.39, 0.29) is 11.7 Å². The van der Waals surface area contributed by atoms with Gasteiger partial charge in [0, 0.05) is 5.02 Å². The predicted molar refractivity (Wildman–Crippen MR) is 121 cm³/mol. The number of amidine groups is 1. The van der Waals surface area contributed by atoms with Crippen LogP contribution in [0.2, 0.25) is 5.02 Å². The van der Waals surface area contributed by atoms with Gasteiger partial charge in [-0.15, -0.1) is 0 Å². The summed E-state index contributed by atoms with van der Waals surface area (Å²) in [6, 6.07) is 8.73. The van der Waals surface area contributed by atoms with E-state index in [9.17, 15) is 9.59 Å². The molecular formula is C20H16BrClN2O5S. The molecule has 1 saturated heterocycles. The van der Waals surface area contributed by atoms with Crippen LogP contribution in [0, 0.1) is 6.92 Å².